The van der Waals surface area contributed by atoms with Crippen molar-refractivity contribution in [2.45, 2.75) is 32.2 Å². The Balaban J connectivity index is 3.22. The molecule has 3 heteroatoms. The minimum absolute atomic E-state index is 0.227. The Hall–Kier alpha value is -1.22. The third-order valence-electron chi connectivity index (χ3n) is 2.82. The van der Waals surface area contributed by atoms with Crippen LogP contribution in [0.15, 0.2) is 18.2 Å². The maximum Gasteiger partial charge on any atom is 0.120 e. The van der Waals surface area contributed by atoms with Crippen LogP contribution in [0, 0.1) is 0 Å². The molecule has 0 unspecified atom stereocenters. The average molecular weight is 194 g/mol. The van der Waals surface area contributed by atoms with Gasteiger partial charge in [-0.1, -0.05) is 13.8 Å². The maximum absolute atomic E-state index is 9.70. The van der Waals surface area contributed by atoms with Crippen LogP contribution in [-0.2, 0) is 5.54 Å². The third kappa shape index (κ3) is 1.82. The van der Waals surface area contributed by atoms with Crippen molar-refractivity contribution in [1.82, 2.24) is 0 Å². The predicted octanol–water partition coefficient (Wildman–Crippen LogP) is 1.95. The first kappa shape index (κ1) is 10.9. The van der Waals surface area contributed by atoms with E-state index < -0.39 is 5.54 Å². The predicted molar refractivity (Wildman–Crippen MR) is 59.0 cm³/mol. The van der Waals surface area contributed by atoms with Crippen LogP contribution in [0.3, 0.4) is 0 Å². The molecule has 14 heavy (non-hydrogen) atoms. The molecule has 0 fully saturated rings. The fraction of sp³-hybridized carbons (Fsp3) is 0.455. The van der Waals surface area contributed by atoms with Crippen LogP contribution >= 0.6 is 0 Å². The Kier molecular flexibility index (Phi) is 3.01. The summed E-state index contributed by atoms with van der Waals surface area (Å²) in [6.45, 7) is 4.01. The van der Waals surface area contributed by atoms with Gasteiger partial charge in [-0.05, 0) is 31.0 Å². The molecular weight excluding hydrogens is 176 g/mol. The summed E-state index contributed by atoms with van der Waals surface area (Å²) in [5.74, 6) is 0.227. The minimum Gasteiger partial charge on any atom is -0.508 e. The van der Waals surface area contributed by atoms with Crippen molar-refractivity contribution in [3.8, 4) is 5.75 Å². The van der Waals surface area contributed by atoms with Gasteiger partial charge in [-0.25, -0.2) is 0 Å². The summed E-state index contributed by atoms with van der Waals surface area (Å²) in [6, 6.07) is 5.02. The van der Waals surface area contributed by atoms with Crippen molar-refractivity contribution in [3.63, 3.8) is 0 Å². The zero-order valence-corrected chi connectivity index (χ0v) is 8.75. The number of hydrogen-bond donors (Lipinski definition) is 3. The number of aromatic hydroxyl groups is 1. The summed E-state index contributed by atoms with van der Waals surface area (Å²) < 4.78 is 0. The summed E-state index contributed by atoms with van der Waals surface area (Å²) in [4.78, 5) is 0. The number of nitrogens with two attached hydrogens (primary N) is 2. The lowest BCUT2D eigenvalue weighted by Crippen LogP contribution is -2.35. The zero-order valence-electron chi connectivity index (χ0n) is 8.75. The molecule has 0 aromatic heterocycles. The monoisotopic (exact) mass is 194 g/mol. The molecule has 1 rings (SSSR count). The van der Waals surface area contributed by atoms with Gasteiger partial charge in [-0.2, -0.15) is 0 Å². The van der Waals surface area contributed by atoms with Gasteiger partial charge >= 0.3 is 0 Å². The van der Waals surface area contributed by atoms with Gasteiger partial charge in [-0.15, -0.1) is 0 Å². The summed E-state index contributed by atoms with van der Waals surface area (Å²) in [7, 11) is 0. The molecule has 1 aromatic rings. The molecule has 0 radical (unpaired) electrons. The van der Waals surface area contributed by atoms with Crippen LogP contribution in [0.2, 0.25) is 0 Å². The van der Waals surface area contributed by atoms with E-state index in [-0.39, 0.29) is 5.75 Å². The molecule has 0 aliphatic carbocycles. The normalized spacial score (nSPS) is 11.6. The quantitative estimate of drug-likeness (QED) is 0.508. The second-order valence-electron chi connectivity index (χ2n) is 3.64. The van der Waals surface area contributed by atoms with E-state index in [0.717, 1.165) is 18.4 Å². The first-order valence-electron chi connectivity index (χ1n) is 4.91. The van der Waals surface area contributed by atoms with Crippen LogP contribution in [0.5, 0.6) is 5.75 Å². The Morgan fingerprint density at radius 3 is 2.36 bits per heavy atom. The van der Waals surface area contributed by atoms with Gasteiger partial charge in [0.15, 0.2) is 0 Å². The van der Waals surface area contributed by atoms with Gasteiger partial charge in [-0.3, -0.25) is 0 Å². The van der Waals surface area contributed by atoms with Crippen molar-refractivity contribution in [1.29, 1.82) is 0 Å². The first-order chi connectivity index (χ1) is 6.53. The van der Waals surface area contributed by atoms with Crippen molar-refractivity contribution >= 4 is 5.69 Å². The first-order valence-corrected chi connectivity index (χ1v) is 4.91. The fourth-order valence-corrected chi connectivity index (χ4v) is 1.58. The van der Waals surface area contributed by atoms with E-state index in [1.165, 1.54) is 0 Å². The Morgan fingerprint density at radius 2 is 1.86 bits per heavy atom. The molecule has 1 aromatic carbocycles. The summed E-state index contributed by atoms with van der Waals surface area (Å²) >= 11 is 0. The van der Waals surface area contributed by atoms with E-state index in [1.807, 2.05) is 13.8 Å². The van der Waals surface area contributed by atoms with Crippen LogP contribution in [0.4, 0.5) is 5.69 Å². The van der Waals surface area contributed by atoms with Gasteiger partial charge < -0.3 is 16.6 Å². The number of nitrogen functional groups attached to an aromatic ring is 1. The van der Waals surface area contributed by atoms with E-state index in [0.29, 0.717) is 5.69 Å². The molecule has 0 aliphatic heterocycles. The Bertz CT molecular complexity index is 319. The lowest BCUT2D eigenvalue weighted by molar-refractivity contribution is 0.381. The van der Waals surface area contributed by atoms with Crippen molar-refractivity contribution in [2.75, 3.05) is 5.73 Å². The lowest BCUT2D eigenvalue weighted by atomic mass is 9.85. The number of phenols is 1. The van der Waals surface area contributed by atoms with Crippen molar-refractivity contribution < 1.29 is 5.11 Å². The Morgan fingerprint density at radius 1 is 1.29 bits per heavy atom. The van der Waals surface area contributed by atoms with Crippen molar-refractivity contribution in [3.05, 3.63) is 23.8 Å². The largest absolute Gasteiger partial charge is 0.508 e. The molecule has 5 N–H and O–H groups in total. The standard InChI is InChI=1S/C11H18N2O/c1-3-11(13,4-2)9-7-8(12)5-6-10(9)14/h5-7,14H,3-4,12-13H2,1-2H3. The molecule has 3 nitrogen and oxygen atoms in total. The van der Waals surface area contributed by atoms with Crippen LogP contribution < -0.4 is 11.5 Å². The highest BCUT2D eigenvalue weighted by atomic mass is 16.3. The van der Waals surface area contributed by atoms with E-state index in [9.17, 15) is 5.11 Å². The van der Waals surface area contributed by atoms with E-state index in [2.05, 4.69) is 0 Å². The van der Waals surface area contributed by atoms with Gasteiger partial charge in [0.25, 0.3) is 0 Å². The minimum atomic E-state index is -0.473. The summed E-state index contributed by atoms with van der Waals surface area (Å²) in [6.07, 6.45) is 1.56. The van der Waals surface area contributed by atoms with Crippen LogP contribution in [0.25, 0.3) is 0 Å². The molecule has 0 saturated carbocycles. The SMILES string of the molecule is CCC(N)(CC)c1cc(N)ccc1O. The number of phenolic OH excluding ortho intramolecular Hbond substituents is 1. The molecule has 0 atom stereocenters. The third-order valence-corrected chi connectivity index (χ3v) is 2.82. The van der Waals surface area contributed by atoms with Gasteiger partial charge in [0.2, 0.25) is 0 Å². The maximum atomic E-state index is 9.70. The molecule has 78 valence electrons. The van der Waals surface area contributed by atoms with E-state index in [4.69, 9.17) is 11.5 Å². The van der Waals surface area contributed by atoms with E-state index in [1.54, 1.807) is 18.2 Å². The molecule has 0 bridgehead atoms. The lowest BCUT2D eigenvalue weighted by Gasteiger charge is -2.28. The number of anilines is 1. The van der Waals surface area contributed by atoms with E-state index >= 15 is 0 Å². The molecule has 0 spiro atoms. The fourth-order valence-electron chi connectivity index (χ4n) is 1.58. The molecule has 0 amide bonds. The number of benzene rings is 1. The number of rotatable bonds is 3. The van der Waals surface area contributed by atoms with Gasteiger partial charge in [0.1, 0.15) is 5.75 Å². The highest BCUT2D eigenvalue weighted by Crippen LogP contribution is 2.33. The van der Waals surface area contributed by atoms with Crippen molar-refractivity contribution in [2.24, 2.45) is 5.73 Å². The Labute approximate surface area is 84.7 Å². The molecule has 0 heterocycles. The van der Waals surface area contributed by atoms with Crippen LogP contribution in [-0.4, -0.2) is 5.11 Å². The van der Waals surface area contributed by atoms with Gasteiger partial charge in [0, 0.05) is 16.8 Å². The smallest absolute Gasteiger partial charge is 0.120 e. The number of hydrogen-bond acceptors (Lipinski definition) is 3. The topological polar surface area (TPSA) is 72.3 Å². The highest BCUT2D eigenvalue weighted by Gasteiger charge is 2.25. The van der Waals surface area contributed by atoms with Crippen LogP contribution in [0.1, 0.15) is 32.3 Å². The molecular formula is C11H18N2O. The summed E-state index contributed by atoms with van der Waals surface area (Å²) in [5.41, 5.74) is 12.7. The summed E-state index contributed by atoms with van der Waals surface area (Å²) in [5, 5.41) is 9.70. The molecule has 0 aliphatic rings. The molecule has 0 saturated heterocycles. The average Bonchev–Trinajstić information content (AvgIpc) is 2.20. The second kappa shape index (κ2) is 3.88. The highest BCUT2D eigenvalue weighted by molar-refractivity contribution is 5.50. The second-order valence-corrected chi connectivity index (χ2v) is 3.64. The zero-order chi connectivity index (χ0) is 10.8. The van der Waals surface area contributed by atoms with Gasteiger partial charge in [0.05, 0.1) is 0 Å².